The van der Waals surface area contributed by atoms with Crippen LogP contribution in [0.5, 0.6) is 0 Å². The van der Waals surface area contributed by atoms with Crippen molar-refractivity contribution in [2.45, 2.75) is 24.9 Å². The van der Waals surface area contributed by atoms with Crippen LogP contribution in [0.3, 0.4) is 0 Å². The molecular formula is C14H19N3O2. The number of primary amides is 1. The number of hydrogen-bond donors (Lipinski definition) is 2. The molecule has 1 heterocycles. The van der Waals surface area contributed by atoms with E-state index < -0.39 is 0 Å². The fourth-order valence-corrected chi connectivity index (χ4v) is 3.19. The number of aryl methyl sites for hydroxylation is 1. The fraction of sp³-hybridized carbons (Fsp3) is 0.500. The second-order valence-electron chi connectivity index (χ2n) is 5.24. The molecule has 0 aromatic heterocycles. The number of carbonyl (C=O) groups is 1. The normalized spacial score (nSPS) is 27.2. The molecule has 1 aromatic carbocycles. The smallest absolute Gasteiger partial charge is 0.237 e. The quantitative estimate of drug-likeness (QED) is 0.757. The van der Waals surface area contributed by atoms with E-state index in [9.17, 15) is 4.79 Å². The monoisotopic (exact) mass is 261 g/mol. The maximum absolute atomic E-state index is 11.6. The highest BCUT2D eigenvalue weighted by Crippen LogP contribution is 2.38. The van der Waals surface area contributed by atoms with Gasteiger partial charge in [0.15, 0.2) is 0 Å². The molecule has 1 amide bonds. The van der Waals surface area contributed by atoms with Crippen LogP contribution in [0.2, 0.25) is 0 Å². The van der Waals surface area contributed by atoms with E-state index in [0.717, 1.165) is 25.1 Å². The van der Waals surface area contributed by atoms with Crippen LogP contribution in [-0.2, 0) is 16.0 Å². The standard InChI is InChI=1S/C14H19N3O2/c15-10-2-3-11-9(7-10)1-4-12(11)17-5-6-19-8-13(17)14(16)18/h2-3,7,12-13H,1,4-6,8,15H2,(H2,16,18). The Kier molecular flexibility index (Phi) is 3.16. The molecule has 2 aliphatic rings. The zero-order valence-corrected chi connectivity index (χ0v) is 10.8. The van der Waals surface area contributed by atoms with Gasteiger partial charge in [0.2, 0.25) is 5.91 Å². The van der Waals surface area contributed by atoms with Gasteiger partial charge in [0.25, 0.3) is 0 Å². The Labute approximate surface area is 112 Å². The number of carbonyl (C=O) groups excluding carboxylic acids is 1. The van der Waals surface area contributed by atoms with Crippen LogP contribution in [-0.4, -0.2) is 36.6 Å². The van der Waals surface area contributed by atoms with Crippen molar-refractivity contribution in [3.05, 3.63) is 29.3 Å². The molecule has 1 fully saturated rings. The molecule has 4 N–H and O–H groups in total. The maximum Gasteiger partial charge on any atom is 0.237 e. The van der Waals surface area contributed by atoms with Crippen LogP contribution in [0.15, 0.2) is 18.2 Å². The molecule has 1 aliphatic carbocycles. The van der Waals surface area contributed by atoms with Crippen LogP contribution in [0.25, 0.3) is 0 Å². The molecule has 1 aliphatic heterocycles. The Morgan fingerprint density at radius 2 is 2.26 bits per heavy atom. The van der Waals surface area contributed by atoms with E-state index in [-0.39, 0.29) is 18.0 Å². The van der Waals surface area contributed by atoms with Gasteiger partial charge in [0.05, 0.1) is 13.2 Å². The maximum atomic E-state index is 11.6. The first-order valence-electron chi connectivity index (χ1n) is 6.68. The van der Waals surface area contributed by atoms with Gasteiger partial charge in [-0.05, 0) is 36.1 Å². The van der Waals surface area contributed by atoms with Gasteiger partial charge in [-0.2, -0.15) is 0 Å². The number of hydrogen-bond acceptors (Lipinski definition) is 4. The summed E-state index contributed by atoms with van der Waals surface area (Å²) in [6.07, 6.45) is 2.02. The highest BCUT2D eigenvalue weighted by atomic mass is 16.5. The first kappa shape index (κ1) is 12.4. The van der Waals surface area contributed by atoms with Crippen molar-refractivity contribution in [3.8, 4) is 0 Å². The lowest BCUT2D eigenvalue weighted by Gasteiger charge is -2.38. The number of fused-ring (bicyclic) bond motifs is 1. The van der Waals surface area contributed by atoms with Crippen LogP contribution in [0, 0.1) is 0 Å². The molecule has 2 atom stereocenters. The Bertz CT molecular complexity index is 503. The van der Waals surface area contributed by atoms with Gasteiger partial charge >= 0.3 is 0 Å². The zero-order valence-electron chi connectivity index (χ0n) is 10.8. The SMILES string of the molecule is NC(=O)C1COCCN1C1CCc2cc(N)ccc21. The van der Waals surface area contributed by atoms with Gasteiger partial charge in [-0.15, -0.1) is 0 Å². The highest BCUT2D eigenvalue weighted by molar-refractivity contribution is 5.80. The molecule has 19 heavy (non-hydrogen) atoms. The minimum Gasteiger partial charge on any atom is -0.399 e. The third-order valence-corrected chi connectivity index (χ3v) is 4.11. The summed E-state index contributed by atoms with van der Waals surface area (Å²) in [5, 5.41) is 0. The van der Waals surface area contributed by atoms with E-state index in [0.29, 0.717) is 13.2 Å². The van der Waals surface area contributed by atoms with Crippen molar-refractivity contribution in [3.63, 3.8) is 0 Å². The summed E-state index contributed by atoms with van der Waals surface area (Å²) in [6.45, 7) is 1.81. The molecular weight excluding hydrogens is 242 g/mol. The third kappa shape index (κ3) is 2.19. The summed E-state index contributed by atoms with van der Waals surface area (Å²) in [4.78, 5) is 13.8. The Morgan fingerprint density at radius 3 is 3.05 bits per heavy atom. The van der Waals surface area contributed by atoms with Gasteiger partial charge < -0.3 is 16.2 Å². The second-order valence-corrected chi connectivity index (χ2v) is 5.24. The number of morpholine rings is 1. The molecule has 0 saturated carbocycles. The second kappa shape index (κ2) is 4.83. The average molecular weight is 261 g/mol. The topological polar surface area (TPSA) is 81.6 Å². The van der Waals surface area contributed by atoms with Crippen molar-refractivity contribution >= 4 is 11.6 Å². The molecule has 0 spiro atoms. The third-order valence-electron chi connectivity index (χ3n) is 4.11. The van der Waals surface area contributed by atoms with Gasteiger partial charge in [0, 0.05) is 18.3 Å². The predicted molar refractivity (Wildman–Crippen MR) is 72.4 cm³/mol. The first-order valence-corrected chi connectivity index (χ1v) is 6.68. The van der Waals surface area contributed by atoms with Gasteiger partial charge in [0.1, 0.15) is 6.04 Å². The Morgan fingerprint density at radius 1 is 1.42 bits per heavy atom. The number of amides is 1. The lowest BCUT2D eigenvalue weighted by atomic mass is 10.0. The number of anilines is 1. The summed E-state index contributed by atoms with van der Waals surface area (Å²) in [5.41, 5.74) is 14.7. The van der Waals surface area contributed by atoms with E-state index >= 15 is 0 Å². The molecule has 5 heteroatoms. The number of ether oxygens (including phenoxy) is 1. The van der Waals surface area contributed by atoms with Crippen molar-refractivity contribution in [2.24, 2.45) is 5.73 Å². The molecule has 3 rings (SSSR count). The van der Waals surface area contributed by atoms with E-state index in [1.165, 1.54) is 11.1 Å². The van der Waals surface area contributed by atoms with Crippen LogP contribution in [0.1, 0.15) is 23.6 Å². The first-order chi connectivity index (χ1) is 9.16. The van der Waals surface area contributed by atoms with E-state index in [4.69, 9.17) is 16.2 Å². The average Bonchev–Trinajstić information content (AvgIpc) is 2.81. The molecule has 1 aromatic rings. The summed E-state index contributed by atoms with van der Waals surface area (Å²) in [5.74, 6) is -0.302. The van der Waals surface area contributed by atoms with Gasteiger partial charge in [-0.3, -0.25) is 9.69 Å². The Balaban J connectivity index is 1.89. The minimum absolute atomic E-state index is 0.261. The minimum atomic E-state index is -0.317. The number of nitrogens with two attached hydrogens (primary N) is 2. The van der Waals surface area contributed by atoms with Crippen LogP contribution >= 0.6 is 0 Å². The number of rotatable bonds is 2. The Hall–Kier alpha value is -1.59. The summed E-state index contributed by atoms with van der Waals surface area (Å²) < 4.78 is 5.38. The number of nitrogens with zero attached hydrogens (tertiary/aromatic N) is 1. The molecule has 2 unspecified atom stereocenters. The molecule has 102 valence electrons. The predicted octanol–water partition coefficient (Wildman–Crippen LogP) is 0.442. The van der Waals surface area contributed by atoms with Crippen molar-refractivity contribution < 1.29 is 9.53 Å². The zero-order chi connectivity index (χ0) is 13.4. The lowest BCUT2D eigenvalue weighted by molar-refractivity contribution is -0.131. The van der Waals surface area contributed by atoms with Gasteiger partial charge in [-0.25, -0.2) is 0 Å². The summed E-state index contributed by atoms with van der Waals surface area (Å²) in [6, 6.07) is 5.99. The number of benzene rings is 1. The molecule has 0 radical (unpaired) electrons. The van der Waals surface area contributed by atoms with Crippen LogP contribution < -0.4 is 11.5 Å². The van der Waals surface area contributed by atoms with Crippen molar-refractivity contribution in [1.29, 1.82) is 0 Å². The lowest BCUT2D eigenvalue weighted by Crippen LogP contribution is -2.53. The fourth-order valence-electron chi connectivity index (χ4n) is 3.19. The molecule has 5 nitrogen and oxygen atoms in total. The molecule has 0 bridgehead atoms. The summed E-state index contributed by atoms with van der Waals surface area (Å²) >= 11 is 0. The molecule has 1 saturated heterocycles. The largest absolute Gasteiger partial charge is 0.399 e. The van der Waals surface area contributed by atoms with E-state index in [2.05, 4.69) is 11.0 Å². The van der Waals surface area contributed by atoms with Crippen molar-refractivity contribution in [1.82, 2.24) is 4.90 Å². The van der Waals surface area contributed by atoms with Gasteiger partial charge in [-0.1, -0.05) is 6.07 Å². The highest BCUT2D eigenvalue weighted by Gasteiger charge is 2.36. The van der Waals surface area contributed by atoms with E-state index in [1.54, 1.807) is 0 Å². The summed E-state index contributed by atoms with van der Waals surface area (Å²) in [7, 11) is 0. The van der Waals surface area contributed by atoms with E-state index in [1.807, 2.05) is 12.1 Å². The van der Waals surface area contributed by atoms with Crippen molar-refractivity contribution in [2.75, 3.05) is 25.5 Å². The van der Waals surface area contributed by atoms with Crippen LogP contribution in [0.4, 0.5) is 5.69 Å². The number of nitrogen functional groups attached to an aromatic ring is 1.